The predicted octanol–water partition coefficient (Wildman–Crippen LogP) is 3.35. The summed E-state index contributed by atoms with van der Waals surface area (Å²) in [7, 11) is 0. The molecule has 0 radical (unpaired) electrons. The molecule has 1 aromatic carbocycles. The summed E-state index contributed by atoms with van der Waals surface area (Å²) < 4.78 is 0. The number of urea groups is 1. The normalized spacial score (nSPS) is 14.2. The summed E-state index contributed by atoms with van der Waals surface area (Å²) in [5.41, 5.74) is 2.81. The second-order valence-corrected chi connectivity index (χ2v) is 6.26. The van der Waals surface area contributed by atoms with Gasteiger partial charge >= 0.3 is 6.03 Å². The highest BCUT2D eigenvalue weighted by molar-refractivity contribution is 5.89. The van der Waals surface area contributed by atoms with Crippen LogP contribution in [0.1, 0.15) is 37.4 Å². The zero-order valence-electron chi connectivity index (χ0n) is 14.7. The number of anilines is 2. The number of piperidine rings is 1. The average Bonchev–Trinajstić information content (AvgIpc) is 2.67. The van der Waals surface area contributed by atoms with Crippen LogP contribution in [-0.4, -0.2) is 29.1 Å². The van der Waals surface area contributed by atoms with E-state index in [1.807, 2.05) is 30.3 Å². The molecule has 0 bridgehead atoms. The number of amides is 2. The maximum Gasteiger partial charge on any atom is 0.319 e. The molecule has 2 amide bonds. The second-order valence-electron chi connectivity index (χ2n) is 6.26. The molecule has 2 N–H and O–H groups in total. The minimum absolute atomic E-state index is 0.230. The number of hydrogen-bond donors (Lipinski definition) is 2. The van der Waals surface area contributed by atoms with Gasteiger partial charge in [-0.2, -0.15) is 0 Å². The highest BCUT2D eigenvalue weighted by Crippen LogP contribution is 2.15. The van der Waals surface area contributed by atoms with Gasteiger partial charge in [0.15, 0.2) is 0 Å². The maximum atomic E-state index is 12.1. The number of hydrogen-bond acceptors (Lipinski definition) is 4. The van der Waals surface area contributed by atoms with Crippen molar-refractivity contribution < 1.29 is 4.79 Å². The van der Waals surface area contributed by atoms with Crippen molar-refractivity contribution >= 4 is 17.7 Å². The molecular formula is C19H25N5O. The van der Waals surface area contributed by atoms with Gasteiger partial charge in [-0.15, -0.1) is 0 Å². The Morgan fingerprint density at radius 3 is 2.84 bits per heavy atom. The van der Waals surface area contributed by atoms with Crippen molar-refractivity contribution in [3.63, 3.8) is 0 Å². The van der Waals surface area contributed by atoms with E-state index in [1.54, 1.807) is 6.20 Å². The van der Waals surface area contributed by atoms with Crippen LogP contribution in [0.2, 0.25) is 0 Å². The first-order valence-corrected chi connectivity index (χ1v) is 8.95. The molecule has 25 heavy (non-hydrogen) atoms. The lowest BCUT2D eigenvalue weighted by atomic mass is 10.1. The van der Waals surface area contributed by atoms with Crippen molar-refractivity contribution in [1.82, 2.24) is 15.3 Å². The van der Waals surface area contributed by atoms with E-state index in [4.69, 9.17) is 0 Å². The first-order chi connectivity index (χ1) is 12.2. The Hall–Kier alpha value is -2.63. The molecule has 6 heteroatoms. The smallest absolute Gasteiger partial charge is 0.319 e. The van der Waals surface area contributed by atoms with Crippen LogP contribution in [0.3, 0.4) is 0 Å². The van der Waals surface area contributed by atoms with Crippen LogP contribution >= 0.6 is 0 Å². The van der Waals surface area contributed by atoms with E-state index >= 15 is 0 Å². The standard InChI is InChI=1S/C19H25N5O/c1-2-15-7-6-8-16(13-15)23-19(25)21-14-17-9-10-20-18(22-17)24-11-4-3-5-12-24/h6-10,13H,2-5,11-12,14H2,1H3,(H2,21,23,25). The SMILES string of the molecule is CCc1cccc(NC(=O)NCc2ccnc(N3CCCCC3)n2)c1. The summed E-state index contributed by atoms with van der Waals surface area (Å²) >= 11 is 0. The Bertz CT molecular complexity index is 712. The van der Waals surface area contributed by atoms with Crippen molar-refractivity contribution in [2.45, 2.75) is 39.2 Å². The molecule has 0 saturated carbocycles. The van der Waals surface area contributed by atoms with Crippen LogP contribution in [0.4, 0.5) is 16.4 Å². The monoisotopic (exact) mass is 339 g/mol. The van der Waals surface area contributed by atoms with Crippen LogP contribution in [0.15, 0.2) is 36.5 Å². The molecule has 1 aliphatic rings. The van der Waals surface area contributed by atoms with Crippen LogP contribution in [0.25, 0.3) is 0 Å². The van der Waals surface area contributed by atoms with E-state index < -0.39 is 0 Å². The molecule has 0 atom stereocenters. The number of nitrogens with zero attached hydrogens (tertiary/aromatic N) is 3. The van der Waals surface area contributed by atoms with Crippen molar-refractivity contribution in [3.05, 3.63) is 47.8 Å². The molecule has 6 nitrogen and oxygen atoms in total. The third-order valence-corrected chi connectivity index (χ3v) is 4.36. The molecule has 3 rings (SSSR count). The molecule has 0 spiro atoms. The zero-order valence-corrected chi connectivity index (χ0v) is 14.7. The van der Waals surface area contributed by atoms with E-state index in [0.717, 1.165) is 36.8 Å². The molecule has 2 heterocycles. The average molecular weight is 339 g/mol. The van der Waals surface area contributed by atoms with E-state index in [9.17, 15) is 4.79 Å². The first kappa shape index (κ1) is 17.2. The minimum atomic E-state index is -0.230. The zero-order chi connectivity index (χ0) is 17.5. The largest absolute Gasteiger partial charge is 0.341 e. The molecule has 1 aliphatic heterocycles. The summed E-state index contributed by atoms with van der Waals surface area (Å²) in [6.07, 6.45) is 6.35. The van der Waals surface area contributed by atoms with E-state index in [1.165, 1.54) is 24.8 Å². The fourth-order valence-corrected chi connectivity index (χ4v) is 2.94. The maximum absolute atomic E-state index is 12.1. The quantitative estimate of drug-likeness (QED) is 0.876. The number of rotatable bonds is 5. The summed E-state index contributed by atoms with van der Waals surface area (Å²) in [4.78, 5) is 23.2. The highest BCUT2D eigenvalue weighted by atomic mass is 16.2. The summed E-state index contributed by atoms with van der Waals surface area (Å²) in [5, 5.41) is 5.72. The van der Waals surface area contributed by atoms with Gasteiger partial charge in [0.1, 0.15) is 0 Å². The molecule has 1 fully saturated rings. The Morgan fingerprint density at radius 2 is 2.04 bits per heavy atom. The van der Waals surface area contributed by atoms with Gasteiger partial charge in [-0.1, -0.05) is 19.1 Å². The van der Waals surface area contributed by atoms with Crippen molar-refractivity contribution in [1.29, 1.82) is 0 Å². The third kappa shape index (κ3) is 4.92. The fourth-order valence-electron chi connectivity index (χ4n) is 2.94. The topological polar surface area (TPSA) is 70.2 Å². The van der Waals surface area contributed by atoms with E-state index in [-0.39, 0.29) is 6.03 Å². The number of nitrogens with one attached hydrogen (secondary N) is 2. The number of carbonyl (C=O) groups excluding carboxylic acids is 1. The van der Waals surface area contributed by atoms with E-state index in [2.05, 4.69) is 32.4 Å². The highest BCUT2D eigenvalue weighted by Gasteiger charge is 2.13. The Labute approximate surface area is 148 Å². The van der Waals surface area contributed by atoms with Gasteiger partial charge in [0.05, 0.1) is 12.2 Å². The molecular weight excluding hydrogens is 314 g/mol. The first-order valence-electron chi connectivity index (χ1n) is 8.95. The summed E-state index contributed by atoms with van der Waals surface area (Å²) in [6, 6.07) is 9.48. The van der Waals surface area contributed by atoms with Crippen LogP contribution in [0.5, 0.6) is 0 Å². The Kier molecular flexibility index (Phi) is 5.82. The van der Waals surface area contributed by atoms with Gasteiger partial charge < -0.3 is 15.5 Å². The lowest BCUT2D eigenvalue weighted by molar-refractivity contribution is 0.251. The number of benzene rings is 1. The van der Waals surface area contributed by atoms with Gasteiger partial charge in [-0.25, -0.2) is 14.8 Å². The van der Waals surface area contributed by atoms with Gasteiger partial charge in [-0.05, 0) is 49.4 Å². The Morgan fingerprint density at radius 1 is 1.20 bits per heavy atom. The lowest BCUT2D eigenvalue weighted by Gasteiger charge is -2.26. The third-order valence-electron chi connectivity index (χ3n) is 4.36. The number of aryl methyl sites for hydroxylation is 1. The van der Waals surface area contributed by atoms with Crippen LogP contribution < -0.4 is 15.5 Å². The van der Waals surface area contributed by atoms with Gasteiger partial charge in [-0.3, -0.25) is 0 Å². The molecule has 0 aliphatic carbocycles. The van der Waals surface area contributed by atoms with Crippen molar-refractivity contribution in [2.75, 3.05) is 23.3 Å². The summed E-state index contributed by atoms with van der Waals surface area (Å²) in [5.74, 6) is 0.759. The van der Waals surface area contributed by atoms with Crippen LogP contribution in [0, 0.1) is 0 Å². The van der Waals surface area contributed by atoms with Gasteiger partial charge in [0, 0.05) is 25.0 Å². The van der Waals surface area contributed by atoms with E-state index in [0.29, 0.717) is 6.54 Å². The Balaban J connectivity index is 1.54. The summed E-state index contributed by atoms with van der Waals surface area (Å²) in [6.45, 7) is 4.48. The van der Waals surface area contributed by atoms with Crippen molar-refractivity contribution in [2.24, 2.45) is 0 Å². The van der Waals surface area contributed by atoms with Crippen molar-refractivity contribution in [3.8, 4) is 0 Å². The number of aromatic nitrogens is 2. The van der Waals surface area contributed by atoms with Gasteiger partial charge in [0.2, 0.25) is 5.95 Å². The molecule has 2 aromatic rings. The fraction of sp³-hybridized carbons (Fsp3) is 0.421. The van der Waals surface area contributed by atoms with Crippen LogP contribution in [-0.2, 0) is 13.0 Å². The minimum Gasteiger partial charge on any atom is -0.341 e. The van der Waals surface area contributed by atoms with Gasteiger partial charge in [0.25, 0.3) is 0 Å². The number of carbonyl (C=O) groups is 1. The molecule has 1 aromatic heterocycles. The molecule has 1 saturated heterocycles. The lowest BCUT2D eigenvalue weighted by Crippen LogP contribution is -2.32. The molecule has 132 valence electrons. The second kappa shape index (κ2) is 8.46. The predicted molar refractivity (Wildman–Crippen MR) is 99.8 cm³/mol. The molecule has 0 unspecified atom stereocenters.